The molecule has 1 saturated carbocycles. The Morgan fingerprint density at radius 2 is 2.24 bits per heavy atom. The van der Waals surface area contributed by atoms with Gasteiger partial charge in [0.2, 0.25) is 5.91 Å². The number of anilines is 1. The molecule has 17 heavy (non-hydrogen) atoms. The van der Waals surface area contributed by atoms with E-state index in [9.17, 15) is 4.79 Å². The first-order chi connectivity index (χ1) is 8.15. The van der Waals surface area contributed by atoms with E-state index in [2.05, 4.69) is 27.7 Å². The Bertz CT molecular complexity index is 469. The highest BCUT2D eigenvalue weighted by atomic mass is 16.1. The molecule has 0 aliphatic heterocycles. The summed E-state index contributed by atoms with van der Waals surface area (Å²) in [6.45, 7) is 3.83. The van der Waals surface area contributed by atoms with Crippen LogP contribution in [0.15, 0.2) is 12.2 Å². The topological polar surface area (TPSA) is 57.8 Å². The molecule has 90 valence electrons. The second kappa shape index (κ2) is 3.72. The van der Waals surface area contributed by atoms with Gasteiger partial charge in [-0.3, -0.25) is 9.89 Å². The fourth-order valence-corrected chi connectivity index (χ4v) is 3.03. The summed E-state index contributed by atoms with van der Waals surface area (Å²) in [5.74, 6) is 1.38. The number of H-pyrrole nitrogens is 1. The van der Waals surface area contributed by atoms with Crippen LogP contribution >= 0.6 is 0 Å². The molecule has 1 amide bonds. The molecule has 4 heteroatoms. The van der Waals surface area contributed by atoms with Crippen molar-refractivity contribution in [2.75, 3.05) is 5.32 Å². The fourth-order valence-electron chi connectivity index (χ4n) is 3.03. The van der Waals surface area contributed by atoms with Crippen LogP contribution in [-0.2, 0) is 4.79 Å². The lowest BCUT2D eigenvalue weighted by Crippen LogP contribution is -2.26. The maximum absolute atomic E-state index is 12.2. The van der Waals surface area contributed by atoms with Crippen LogP contribution in [0.25, 0.3) is 0 Å². The Labute approximate surface area is 100 Å². The van der Waals surface area contributed by atoms with Gasteiger partial charge >= 0.3 is 0 Å². The number of carbonyl (C=O) groups excluding carboxylic acids is 1. The number of aryl methyl sites for hydroxylation is 2. The number of hydrogen-bond acceptors (Lipinski definition) is 2. The highest BCUT2D eigenvalue weighted by Crippen LogP contribution is 2.43. The summed E-state index contributed by atoms with van der Waals surface area (Å²) in [6, 6.07) is 0. The van der Waals surface area contributed by atoms with E-state index < -0.39 is 0 Å². The van der Waals surface area contributed by atoms with Gasteiger partial charge in [0.1, 0.15) is 0 Å². The third-order valence-electron chi connectivity index (χ3n) is 3.99. The molecule has 0 spiro atoms. The molecular formula is C13H17N3O. The molecule has 1 aromatic rings. The fraction of sp³-hybridized carbons (Fsp3) is 0.538. The van der Waals surface area contributed by atoms with Crippen molar-refractivity contribution in [3.63, 3.8) is 0 Å². The Morgan fingerprint density at radius 1 is 1.41 bits per heavy atom. The van der Waals surface area contributed by atoms with E-state index in [1.807, 2.05) is 13.8 Å². The zero-order chi connectivity index (χ0) is 12.0. The van der Waals surface area contributed by atoms with E-state index in [1.165, 1.54) is 0 Å². The maximum Gasteiger partial charge on any atom is 0.228 e. The number of fused-ring (bicyclic) bond motifs is 2. The lowest BCUT2D eigenvalue weighted by Gasteiger charge is -2.17. The summed E-state index contributed by atoms with van der Waals surface area (Å²) < 4.78 is 0. The van der Waals surface area contributed by atoms with Crippen LogP contribution < -0.4 is 5.32 Å². The molecule has 2 aliphatic carbocycles. The number of allylic oxidation sites excluding steroid dienone is 2. The molecule has 0 radical (unpaired) electrons. The van der Waals surface area contributed by atoms with Crippen molar-refractivity contribution in [1.82, 2.24) is 10.2 Å². The van der Waals surface area contributed by atoms with Crippen molar-refractivity contribution in [3.8, 4) is 0 Å². The smallest absolute Gasteiger partial charge is 0.228 e. The van der Waals surface area contributed by atoms with Crippen molar-refractivity contribution in [2.45, 2.75) is 26.7 Å². The molecule has 4 nitrogen and oxygen atoms in total. The molecule has 1 fully saturated rings. The molecule has 2 aliphatic rings. The minimum Gasteiger partial charge on any atom is -0.323 e. The van der Waals surface area contributed by atoms with Gasteiger partial charge in [-0.25, -0.2) is 0 Å². The Balaban J connectivity index is 1.74. The number of hydrogen-bond donors (Lipinski definition) is 2. The minimum absolute atomic E-state index is 0.148. The van der Waals surface area contributed by atoms with Crippen LogP contribution in [0.4, 0.5) is 5.69 Å². The molecule has 1 aromatic heterocycles. The van der Waals surface area contributed by atoms with Gasteiger partial charge in [0, 0.05) is 5.92 Å². The summed E-state index contributed by atoms with van der Waals surface area (Å²) in [7, 11) is 0. The van der Waals surface area contributed by atoms with Crippen LogP contribution in [0.5, 0.6) is 0 Å². The second-order valence-electron chi connectivity index (χ2n) is 5.18. The van der Waals surface area contributed by atoms with E-state index in [1.54, 1.807) is 0 Å². The number of amides is 1. The molecule has 2 bridgehead atoms. The first-order valence-corrected chi connectivity index (χ1v) is 6.16. The average molecular weight is 231 g/mol. The van der Waals surface area contributed by atoms with Gasteiger partial charge in [-0.2, -0.15) is 5.10 Å². The lowest BCUT2D eigenvalue weighted by atomic mass is 9.93. The zero-order valence-corrected chi connectivity index (χ0v) is 10.2. The van der Waals surface area contributed by atoms with E-state index >= 15 is 0 Å². The summed E-state index contributed by atoms with van der Waals surface area (Å²) >= 11 is 0. The van der Waals surface area contributed by atoms with Crippen LogP contribution in [0.1, 0.15) is 24.2 Å². The monoisotopic (exact) mass is 231 g/mol. The Morgan fingerprint density at radius 3 is 2.76 bits per heavy atom. The Hall–Kier alpha value is -1.58. The maximum atomic E-state index is 12.2. The predicted octanol–water partition coefficient (Wildman–Crippen LogP) is 2.18. The van der Waals surface area contributed by atoms with Crippen molar-refractivity contribution in [3.05, 3.63) is 23.5 Å². The van der Waals surface area contributed by atoms with E-state index in [4.69, 9.17) is 0 Å². The number of carbonyl (C=O) groups is 1. The molecule has 3 atom stereocenters. The third kappa shape index (κ3) is 1.68. The molecule has 0 aromatic carbocycles. The highest BCUT2D eigenvalue weighted by molar-refractivity contribution is 5.94. The van der Waals surface area contributed by atoms with Gasteiger partial charge in [0.05, 0.1) is 17.1 Å². The number of nitrogens with zero attached hydrogens (tertiary/aromatic N) is 1. The van der Waals surface area contributed by atoms with E-state index in [-0.39, 0.29) is 11.8 Å². The molecule has 3 rings (SSSR count). The van der Waals surface area contributed by atoms with Crippen molar-refractivity contribution >= 4 is 11.6 Å². The van der Waals surface area contributed by atoms with Crippen LogP contribution in [0.2, 0.25) is 0 Å². The van der Waals surface area contributed by atoms with Gasteiger partial charge in [-0.05, 0) is 38.5 Å². The van der Waals surface area contributed by atoms with Gasteiger partial charge in [-0.1, -0.05) is 12.2 Å². The molecule has 0 saturated heterocycles. The number of rotatable bonds is 2. The highest BCUT2D eigenvalue weighted by Gasteiger charge is 2.39. The SMILES string of the molecule is Cc1n[nH]c(C)c1NC(=O)C1CC2C=CC1C2. The van der Waals surface area contributed by atoms with Gasteiger partial charge in [-0.15, -0.1) is 0 Å². The van der Waals surface area contributed by atoms with Crippen molar-refractivity contribution < 1.29 is 4.79 Å². The molecule has 1 heterocycles. The zero-order valence-electron chi connectivity index (χ0n) is 10.2. The summed E-state index contributed by atoms with van der Waals surface area (Å²) in [5.41, 5.74) is 2.63. The molecule has 3 unspecified atom stereocenters. The largest absolute Gasteiger partial charge is 0.323 e. The number of aromatic nitrogens is 2. The predicted molar refractivity (Wildman–Crippen MR) is 65.5 cm³/mol. The van der Waals surface area contributed by atoms with Crippen LogP contribution in [0.3, 0.4) is 0 Å². The van der Waals surface area contributed by atoms with Gasteiger partial charge < -0.3 is 5.32 Å². The summed E-state index contributed by atoms with van der Waals surface area (Å²) in [6.07, 6.45) is 6.61. The lowest BCUT2D eigenvalue weighted by molar-refractivity contribution is -0.120. The van der Waals surface area contributed by atoms with E-state index in [0.717, 1.165) is 29.9 Å². The average Bonchev–Trinajstić information content (AvgIpc) is 2.99. The molecular weight excluding hydrogens is 214 g/mol. The third-order valence-corrected chi connectivity index (χ3v) is 3.99. The summed E-state index contributed by atoms with van der Waals surface area (Å²) in [4.78, 5) is 12.2. The normalized spacial score (nSPS) is 29.9. The minimum atomic E-state index is 0.148. The first kappa shape index (κ1) is 10.6. The van der Waals surface area contributed by atoms with Crippen LogP contribution in [0, 0.1) is 31.6 Å². The second-order valence-corrected chi connectivity index (χ2v) is 5.18. The quantitative estimate of drug-likeness (QED) is 0.766. The number of nitrogens with one attached hydrogen (secondary N) is 2. The van der Waals surface area contributed by atoms with Crippen molar-refractivity contribution in [2.24, 2.45) is 17.8 Å². The van der Waals surface area contributed by atoms with Crippen molar-refractivity contribution in [1.29, 1.82) is 0 Å². The first-order valence-electron chi connectivity index (χ1n) is 6.16. The number of aromatic amines is 1. The van der Waals surface area contributed by atoms with Crippen LogP contribution in [-0.4, -0.2) is 16.1 Å². The molecule has 2 N–H and O–H groups in total. The van der Waals surface area contributed by atoms with Gasteiger partial charge in [0.15, 0.2) is 0 Å². The standard InChI is InChI=1S/C13H17N3O/c1-7-12(8(2)16-15-7)14-13(17)11-6-9-3-4-10(11)5-9/h3-4,9-11H,5-6H2,1-2H3,(H,14,17)(H,15,16). The van der Waals surface area contributed by atoms with Gasteiger partial charge in [0.25, 0.3) is 0 Å². The summed E-state index contributed by atoms with van der Waals surface area (Å²) in [5, 5.41) is 10.00. The van der Waals surface area contributed by atoms with E-state index in [0.29, 0.717) is 11.8 Å². The Kier molecular flexibility index (Phi) is 2.31.